The Balaban J connectivity index is 1.87. The fraction of sp³-hybridized carbons (Fsp3) is 0.467. The number of hydrogen-bond donors (Lipinski definition) is 1. The third kappa shape index (κ3) is 3.50. The van der Waals surface area contributed by atoms with Gasteiger partial charge in [0.2, 0.25) is 5.91 Å². The highest BCUT2D eigenvalue weighted by Gasteiger charge is 2.27. The molecule has 0 aliphatic carbocycles. The van der Waals surface area contributed by atoms with Gasteiger partial charge in [0.05, 0.1) is 19.4 Å². The van der Waals surface area contributed by atoms with Gasteiger partial charge in [0.1, 0.15) is 0 Å². The molecule has 0 aromatic heterocycles. The second-order valence-corrected chi connectivity index (χ2v) is 5.10. The number of anilines is 1. The maximum atomic E-state index is 12.2. The first-order valence-corrected chi connectivity index (χ1v) is 6.80. The van der Waals surface area contributed by atoms with Gasteiger partial charge in [-0.3, -0.25) is 9.59 Å². The van der Waals surface area contributed by atoms with Crippen LogP contribution in [0.25, 0.3) is 0 Å². The fourth-order valence-electron chi connectivity index (χ4n) is 2.52. The van der Waals surface area contributed by atoms with Crippen LogP contribution in [0.3, 0.4) is 0 Å². The van der Waals surface area contributed by atoms with E-state index in [0.29, 0.717) is 38.0 Å². The maximum Gasteiger partial charge on any atom is 0.308 e. The highest BCUT2D eigenvalue weighted by molar-refractivity contribution is 5.79. The lowest BCUT2D eigenvalue weighted by molar-refractivity contribution is -0.148. The molecule has 2 N–H and O–H groups in total. The summed E-state index contributed by atoms with van der Waals surface area (Å²) < 4.78 is 4.74. The van der Waals surface area contributed by atoms with Gasteiger partial charge in [0, 0.05) is 18.8 Å². The summed E-state index contributed by atoms with van der Waals surface area (Å²) in [5.41, 5.74) is 7.29. The van der Waals surface area contributed by atoms with Gasteiger partial charge < -0.3 is 15.4 Å². The van der Waals surface area contributed by atoms with Crippen LogP contribution in [-0.4, -0.2) is 37.0 Å². The van der Waals surface area contributed by atoms with E-state index >= 15 is 0 Å². The molecule has 20 heavy (non-hydrogen) atoms. The number of nitrogens with two attached hydrogens (primary N) is 1. The zero-order valence-corrected chi connectivity index (χ0v) is 11.7. The number of esters is 1. The Hall–Kier alpha value is -2.04. The molecule has 1 fully saturated rings. The first-order valence-electron chi connectivity index (χ1n) is 6.80. The van der Waals surface area contributed by atoms with Crippen LogP contribution in [0.1, 0.15) is 18.4 Å². The smallest absolute Gasteiger partial charge is 0.308 e. The summed E-state index contributed by atoms with van der Waals surface area (Å²) in [6.07, 6.45) is 1.71. The van der Waals surface area contributed by atoms with Crippen LogP contribution in [0.15, 0.2) is 24.3 Å². The van der Waals surface area contributed by atoms with Gasteiger partial charge in [-0.25, -0.2) is 0 Å². The standard InChI is InChI=1S/C15H20N2O3/c1-20-15(19)12-5-7-17(8-6-12)14(18)10-11-3-2-4-13(16)9-11/h2-4,9,12H,5-8,10,16H2,1H3. The number of ether oxygens (including phenoxy) is 1. The zero-order valence-electron chi connectivity index (χ0n) is 11.7. The van der Waals surface area contributed by atoms with Crippen LogP contribution in [0.2, 0.25) is 0 Å². The van der Waals surface area contributed by atoms with E-state index in [1.165, 1.54) is 7.11 Å². The largest absolute Gasteiger partial charge is 0.469 e. The normalized spacial score (nSPS) is 15.9. The van der Waals surface area contributed by atoms with Crippen molar-refractivity contribution in [2.45, 2.75) is 19.3 Å². The molecule has 0 atom stereocenters. The second-order valence-electron chi connectivity index (χ2n) is 5.10. The van der Waals surface area contributed by atoms with Crippen molar-refractivity contribution in [1.82, 2.24) is 4.90 Å². The number of amides is 1. The van der Waals surface area contributed by atoms with Crippen molar-refractivity contribution in [2.24, 2.45) is 5.92 Å². The summed E-state index contributed by atoms with van der Waals surface area (Å²) in [6.45, 7) is 1.22. The highest BCUT2D eigenvalue weighted by atomic mass is 16.5. The van der Waals surface area contributed by atoms with E-state index in [-0.39, 0.29) is 17.8 Å². The van der Waals surface area contributed by atoms with Gasteiger partial charge in [0.15, 0.2) is 0 Å². The minimum absolute atomic E-state index is 0.0728. The van der Waals surface area contributed by atoms with Crippen molar-refractivity contribution in [3.8, 4) is 0 Å². The molecule has 0 unspecified atom stereocenters. The number of rotatable bonds is 3. The van der Waals surface area contributed by atoms with Crippen molar-refractivity contribution in [2.75, 3.05) is 25.9 Å². The summed E-state index contributed by atoms with van der Waals surface area (Å²) in [7, 11) is 1.40. The van der Waals surface area contributed by atoms with E-state index in [4.69, 9.17) is 10.5 Å². The molecular formula is C15H20N2O3. The summed E-state index contributed by atoms with van der Waals surface area (Å²) in [5.74, 6) is -0.164. The molecule has 5 heteroatoms. The Kier molecular flexibility index (Phi) is 4.61. The topological polar surface area (TPSA) is 72.6 Å². The molecule has 1 aromatic rings. The van der Waals surface area contributed by atoms with Crippen LogP contribution < -0.4 is 5.73 Å². The number of piperidine rings is 1. The minimum atomic E-state index is -0.173. The average molecular weight is 276 g/mol. The maximum absolute atomic E-state index is 12.2. The third-order valence-corrected chi connectivity index (χ3v) is 3.69. The lowest BCUT2D eigenvalue weighted by Crippen LogP contribution is -2.41. The van der Waals surface area contributed by atoms with Gasteiger partial charge >= 0.3 is 5.97 Å². The molecule has 0 radical (unpaired) electrons. The number of nitrogens with zero attached hydrogens (tertiary/aromatic N) is 1. The quantitative estimate of drug-likeness (QED) is 0.665. The molecule has 1 amide bonds. The Bertz CT molecular complexity index is 494. The highest BCUT2D eigenvalue weighted by Crippen LogP contribution is 2.19. The van der Waals surface area contributed by atoms with Crippen molar-refractivity contribution in [1.29, 1.82) is 0 Å². The first-order chi connectivity index (χ1) is 9.60. The number of methoxy groups -OCH3 is 1. The Morgan fingerprint density at radius 1 is 1.35 bits per heavy atom. The SMILES string of the molecule is COC(=O)C1CCN(C(=O)Cc2cccc(N)c2)CC1. The monoisotopic (exact) mass is 276 g/mol. The molecule has 1 aromatic carbocycles. The van der Waals surface area contributed by atoms with Crippen LogP contribution in [0.4, 0.5) is 5.69 Å². The average Bonchev–Trinajstić information content (AvgIpc) is 2.46. The van der Waals surface area contributed by atoms with Crippen molar-refractivity contribution < 1.29 is 14.3 Å². The van der Waals surface area contributed by atoms with Gasteiger partial charge in [-0.05, 0) is 30.5 Å². The molecule has 2 rings (SSSR count). The Labute approximate surface area is 118 Å². The van der Waals surface area contributed by atoms with Gasteiger partial charge in [-0.15, -0.1) is 0 Å². The lowest BCUT2D eigenvalue weighted by Gasteiger charge is -2.30. The van der Waals surface area contributed by atoms with E-state index in [2.05, 4.69) is 0 Å². The molecule has 1 saturated heterocycles. The van der Waals surface area contributed by atoms with E-state index in [0.717, 1.165) is 5.56 Å². The van der Waals surface area contributed by atoms with Crippen molar-refractivity contribution >= 4 is 17.6 Å². The number of carbonyl (C=O) groups is 2. The number of benzene rings is 1. The van der Waals surface area contributed by atoms with E-state index in [1.54, 1.807) is 6.07 Å². The molecule has 1 heterocycles. The summed E-state index contributed by atoms with van der Waals surface area (Å²) in [6, 6.07) is 7.37. The Morgan fingerprint density at radius 2 is 2.05 bits per heavy atom. The predicted octanol–water partition coefficient (Wildman–Crippen LogP) is 1.22. The number of carbonyl (C=O) groups excluding carboxylic acids is 2. The number of likely N-dealkylation sites (tertiary alicyclic amines) is 1. The lowest BCUT2D eigenvalue weighted by atomic mass is 9.96. The first kappa shape index (κ1) is 14.4. The second kappa shape index (κ2) is 6.41. The summed E-state index contributed by atoms with van der Waals surface area (Å²) >= 11 is 0. The number of hydrogen-bond acceptors (Lipinski definition) is 4. The molecule has 0 bridgehead atoms. The van der Waals surface area contributed by atoms with Crippen molar-refractivity contribution in [3.05, 3.63) is 29.8 Å². The fourth-order valence-corrected chi connectivity index (χ4v) is 2.52. The van der Waals surface area contributed by atoms with E-state index in [1.807, 2.05) is 23.1 Å². The molecular weight excluding hydrogens is 256 g/mol. The third-order valence-electron chi connectivity index (χ3n) is 3.69. The molecule has 0 saturated carbocycles. The van der Waals surface area contributed by atoms with Gasteiger partial charge in [-0.2, -0.15) is 0 Å². The zero-order chi connectivity index (χ0) is 14.5. The van der Waals surface area contributed by atoms with Crippen LogP contribution in [-0.2, 0) is 20.7 Å². The minimum Gasteiger partial charge on any atom is -0.469 e. The van der Waals surface area contributed by atoms with Gasteiger partial charge in [0.25, 0.3) is 0 Å². The predicted molar refractivity (Wildman–Crippen MR) is 75.9 cm³/mol. The molecule has 0 spiro atoms. The van der Waals surface area contributed by atoms with E-state index < -0.39 is 0 Å². The van der Waals surface area contributed by atoms with E-state index in [9.17, 15) is 9.59 Å². The molecule has 1 aliphatic rings. The van der Waals surface area contributed by atoms with Crippen LogP contribution >= 0.6 is 0 Å². The van der Waals surface area contributed by atoms with Gasteiger partial charge in [-0.1, -0.05) is 12.1 Å². The van der Waals surface area contributed by atoms with Crippen molar-refractivity contribution in [3.63, 3.8) is 0 Å². The molecule has 5 nitrogen and oxygen atoms in total. The Morgan fingerprint density at radius 3 is 2.65 bits per heavy atom. The van der Waals surface area contributed by atoms with Crippen LogP contribution in [0, 0.1) is 5.92 Å². The van der Waals surface area contributed by atoms with Crippen LogP contribution in [0.5, 0.6) is 0 Å². The molecule has 1 aliphatic heterocycles. The number of nitrogen functional groups attached to an aromatic ring is 1. The summed E-state index contributed by atoms with van der Waals surface area (Å²) in [4.78, 5) is 25.4. The molecule has 108 valence electrons. The summed E-state index contributed by atoms with van der Waals surface area (Å²) in [5, 5.41) is 0.